The third-order valence-electron chi connectivity index (χ3n) is 2.91. The molecule has 0 aliphatic carbocycles. The van der Waals surface area contributed by atoms with Crippen LogP contribution in [0.5, 0.6) is 0 Å². The highest BCUT2D eigenvalue weighted by molar-refractivity contribution is 7.99. The molecule has 1 atom stereocenters. The van der Waals surface area contributed by atoms with Crippen molar-refractivity contribution in [1.82, 2.24) is 15.1 Å². The van der Waals surface area contributed by atoms with E-state index in [1.807, 2.05) is 24.1 Å². The van der Waals surface area contributed by atoms with Crippen LogP contribution in [0.2, 0.25) is 0 Å². The Bertz CT molecular complexity index is 338. The first-order valence-corrected chi connectivity index (χ1v) is 6.88. The third-order valence-corrected chi connectivity index (χ3v) is 3.96. The molecule has 0 aromatic carbocycles. The lowest BCUT2D eigenvalue weighted by molar-refractivity contribution is -0.00309. The van der Waals surface area contributed by atoms with E-state index in [-0.39, 0.29) is 5.60 Å². The number of likely N-dealkylation sites (N-methyl/N-ethyl adjacent to an activating group) is 1. The Hall–Kier alpha value is -0.520. The molecule has 0 aliphatic heterocycles. The first kappa shape index (κ1) is 14.5. The van der Waals surface area contributed by atoms with E-state index in [9.17, 15) is 0 Å². The number of nitrogens with zero attached hydrogens (tertiary/aromatic N) is 2. The van der Waals surface area contributed by atoms with Gasteiger partial charge in [0.25, 0.3) is 0 Å². The predicted octanol–water partition coefficient (Wildman–Crippen LogP) is 1.92. The molecule has 17 heavy (non-hydrogen) atoms. The zero-order valence-corrected chi connectivity index (χ0v) is 12.2. The van der Waals surface area contributed by atoms with E-state index < -0.39 is 0 Å². The van der Waals surface area contributed by atoms with Gasteiger partial charge < -0.3 is 10.1 Å². The fraction of sp³-hybridized carbons (Fsp3) is 0.750. The molecule has 0 bridgehead atoms. The van der Waals surface area contributed by atoms with Gasteiger partial charge in [0.05, 0.1) is 11.8 Å². The number of thioether (sulfide) groups is 1. The molecule has 0 fully saturated rings. The molecule has 0 saturated carbocycles. The molecule has 0 amide bonds. The standard InChI is InChI=1S/C12H23N3OS/c1-6-13-11(12(2,3)16-5)9-17-10-7-14-15(4)8-10/h7-8,11,13H,6,9H2,1-5H3. The van der Waals surface area contributed by atoms with Crippen molar-refractivity contribution in [1.29, 1.82) is 0 Å². The maximum absolute atomic E-state index is 5.55. The second-order valence-corrected chi connectivity index (χ2v) is 5.67. The minimum Gasteiger partial charge on any atom is -0.377 e. The highest BCUT2D eigenvalue weighted by atomic mass is 32.2. The zero-order valence-electron chi connectivity index (χ0n) is 11.4. The fourth-order valence-electron chi connectivity index (χ4n) is 1.55. The van der Waals surface area contributed by atoms with Gasteiger partial charge in [-0.25, -0.2) is 0 Å². The van der Waals surface area contributed by atoms with Gasteiger partial charge >= 0.3 is 0 Å². The van der Waals surface area contributed by atoms with Crippen LogP contribution in [0.15, 0.2) is 17.3 Å². The molecule has 5 heteroatoms. The molecule has 1 unspecified atom stereocenters. The Morgan fingerprint density at radius 1 is 1.59 bits per heavy atom. The van der Waals surface area contributed by atoms with Crippen LogP contribution in [0.25, 0.3) is 0 Å². The summed E-state index contributed by atoms with van der Waals surface area (Å²) < 4.78 is 7.37. The van der Waals surface area contributed by atoms with Crippen LogP contribution >= 0.6 is 11.8 Å². The van der Waals surface area contributed by atoms with Crippen LogP contribution in [-0.2, 0) is 11.8 Å². The summed E-state index contributed by atoms with van der Waals surface area (Å²) in [5, 5.41) is 7.64. The van der Waals surface area contributed by atoms with E-state index in [4.69, 9.17) is 4.74 Å². The van der Waals surface area contributed by atoms with Crippen molar-refractivity contribution in [3.05, 3.63) is 12.4 Å². The number of rotatable bonds is 7. The summed E-state index contributed by atoms with van der Waals surface area (Å²) in [6.45, 7) is 7.30. The number of hydrogen-bond acceptors (Lipinski definition) is 4. The summed E-state index contributed by atoms with van der Waals surface area (Å²) in [4.78, 5) is 1.20. The van der Waals surface area contributed by atoms with Gasteiger partial charge in [-0.3, -0.25) is 4.68 Å². The number of hydrogen-bond donors (Lipinski definition) is 1. The smallest absolute Gasteiger partial charge is 0.0783 e. The summed E-state index contributed by atoms with van der Waals surface area (Å²) in [5.74, 6) is 0.973. The van der Waals surface area contributed by atoms with Gasteiger partial charge in [-0.05, 0) is 20.4 Å². The second kappa shape index (κ2) is 6.42. The minimum absolute atomic E-state index is 0.161. The van der Waals surface area contributed by atoms with Crippen LogP contribution in [0.3, 0.4) is 0 Å². The molecule has 1 N–H and O–H groups in total. The first-order valence-electron chi connectivity index (χ1n) is 5.89. The second-order valence-electron chi connectivity index (χ2n) is 4.58. The van der Waals surface area contributed by atoms with Gasteiger partial charge in [0.1, 0.15) is 0 Å². The SMILES string of the molecule is CCNC(CSc1cnn(C)c1)C(C)(C)OC. The van der Waals surface area contributed by atoms with E-state index in [0.717, 1.165) is 12.3 Å². The molecule has 0 radical (unpaired) electrons. The Balaban J connectivity index is 2.55. The Morgan fingerprint density at radius 2 is 2.29 bits per heavy atom. The molecule has 1 heterocycles. The molecule has 1 rings (SSSR count). The number of aromatic nitrogens is 2. The van der Waals surface area contributed by atoms with E-state index in [2.05, 4.69) is 31.2 Å². The van der Waals surface area contributed by atoms with Crippen molar-refractivity contribution in [2.45, 2.75) is 37.3 Å². The Labute approximate surface area is 108 Å². The highest BCUT2D eigenvalue weighted by Crippen LogP contribution is 2.23. The lowest BCUT2D eigenvalue weighted by atomic mass is 10.0. The highest BCUT2D eigenvalue weighted by Gasteiger charge is 2.28. The van der Waals surface area contributed by atoms with E-state index in [1.165, 1.54) is 4.90 Å². The van der Waals surface area contributed by atoms with E-state index in [1.54, 1.807) is 18.9 Å². The molecule has 4 nitrogen and oxygen atoms in total. The predicted molar refractivity (Wildman–Crippen MR) is 72.5 cm³/mol. The van der Waals surface area contributed by atoms with Crippen LogP contribution in [0.1, 0.15) is 20.8 Å². The monoisotopic (exact) mass is 257 g/mol. The van der Waals surface area contributed by atoms with Crippen molar-refractivity contribution in [3.8, 4) is 0 Å². The lowest BCUT2D eigenvalue weighted by Gasteiger charge is -2.33. The molecule has 0 spiro atoms. The third kappa shape index (κ3) is 4.33. The fourth-order valence-corrected chi connectivity index (χ4v) is 2.77. The maximum Gasteiger partial charge on any atom is 0.0783 e. The van der Waals surface area contributed by atoms with Gasteiger partial charge in [-0.2, -0.15) is 5.10 Å². The number of ether oxygens (including phenoxy) is 1. The minimum atomic E-state index is -0.161. The summed E-state index contributed by atoms with van der Waals surface area (Å²) in [7, 11) is 3.70. The number of methoxy groups -OCH3 is 1. The van der Waals surface area contributed by atoms with Crippen LogP contribution in [0, 0.1) is 0 Å². The Morgan fingerprint density at radius 3 is 2.76 bits per heavy atom. The molecule has 98 valence electrons. The average molecular weight is 257 g/mol. The van der Waals surface area contributed by atoms with E-state index in [0.29, 0.717) is 6.04 Å². The van der Waals surface area contributed by atoms with Crippen molar-refractivity contribution >= 4 is 11.8 Å². The van der Waals surface area contributed by atoms with Gasteiger partial charge in [0.15, 0.2) is 0 Å². The lowest BCUT2D eigenvalue weighted by Crippen LogP contribution is -2.49. The van der Waals surface area contributed by atoms with E-state index >= 15 is 0 Å². The van der Waals surface area contributed by atoms with Crippen molar-refractivity contribution in [3.63, 3.8) is 0 Å². The van der Waals surface area contributed by atoms with Crippen LogP contribution in [0.4, 0.5) is 0 Å². The number of aryl methyl sites for hydroxylation is 1. The van der Waals surface area contributed by atoms with Crippen LogP contribution in [-0.4, -0.2) is 40.8 Å². The summed E-state index contributed by atoms with van der Waals surface area (Å²) in [6, 6.07) is 0.322. The van der Waals surface area contributed by atoms with Gasteiger partial charge in [-0.15, -0.1) is 11.8 Å². The summed E-state index contributed by atoms with van der Waals surface area (Å²) >= 11 is 1.81. The molecule has 0 saturated heterocycles. The molecular formula is C12H23N3OS. The van der Waals surface area contributed by atoms with Crippen molar-refractivity contribution in [2.24, 2.45) is 7.05 Å². The average Bonchev–Trinajstić information content (AvgIpc) is 2.70. The largest absolute Gasteiger partial charge is 0.377 e. The van der Waals surface area contributed by atoms with Gasteiger partial charge in [0, 0.05) is 37.0 Å². The topological polar surface area (TPSA) is 39.1 Å². The molecular weight excluding hydrogens is 234 g/mol. The first-order chi connectivity index (χ1) is 7.99. The zero-order chi connectivity index (χ0) is 12.9. The van der Waals surface area contributed by atoms with Crippen LogP contribution < -0.4 is 5.32 Å². The summed E-state index contributed by atoms with van der Waals surface area (Å²) in [6.07, 6.45) is 3.93. The molecule has 1 aromatic rings. The maximum atomic E-state index is 5.55. The number of nitrogens with one attached hydrogen (secondary N) is 1. The normalized spacial score (nSPS) is 13.9. The quantitative estimate of drug-likeness (QED) is 0.758. The molecule has 0 aliphatic rings. The van der Waals surface area contributed by atoms with Crippen molar-refractivity contribution in [2.75, 3.05) is 19.4 Å². The summed E-state index contributed by atoms with van der Waals surface area (Å²) in [5.41, 5.74) is -0.161. The van der Waals surface area contributed by atoms with Gasteiger partial charge in [-0.1, -0.05) is 6.92 Å². The van der Waals surface area contributed by atoms with Crippen molar-refractivity contribution < 1.29 is 4.74 Å². The van der Waals surface area contributed by atoms with Gasteiger partial charge in [0.2, 0.25) is 0 Å². The Kier molecular flexibility index (Phi) is 5.49. The molecule has 1 aromatic heterocycles.